The molecule has 8 unspecified atom stereocenters. The number of hydrogen-bond acceptors (Lipinski definition) is 6. The first-order chi connectivity index (χ1) is 21.2. The SMILES string of the molecule is CCc1ccc2c(OC(=O)C3C4C=CC(C4)C3C(=O)O)c3cc(CC)ccc3c(OC(=O)C3C4C=CC(C4)C3C(=O)O)c2c1. The van der Waals surface area contributed by atoms with E-state index in [4.69, 9.17) is 9.47 Å². The number of carboxylic acid groups (broad SMARTS) is 2. The zero-order valence-corrected chi connectivity index (χ0v) is 24.6. The number of esters is 2. The standard InChI is InChI=1S/C36H34O8/c1-3-17-5-11-23-25(13-17)31(43-35(41)29-21-9-7-19(15-21)27(29)33(37)38)24-12-6-18(4-2)14-26(24)32(23)44-36(42)30-22-10-8-20(16-22)28(30)34(39)40/h5-14,19-22,27-30H,3-4,15-16H2,1-2H3,(H,37,38)(H,39,40). The van der Waals surface area contributed by atoms with Gasteiger partial charge in [-0.2, -0.15) is 0 Å². The summed E-state index contributed by atoms with van der Waals surface area (Å²) in [4.78, 5) is 52.0. The van der Waals surface area contributed by atoms with Crippen LogP contribution < -0.4 is 9.47 Å². The zero-order valence-electron chi connectivity index (χ0n) is 24.6. The average molecular weight is 595 g/mol. The molecule has 0 radical (unpaired) electrons. The van der Waals surface area contributed by atoms with Crippen LogP contribution in [0, 0.1) is 47.3 Å². The maximum absolute atomic E-state index is 13.8. The molecule has 7 rings (SSSR count). The number of carbonyl (C=O) groups excluding carboxylic acids is 2. The van der Waals surface area contributed by atoms with E-state index in [1.165, 1.54) is 0 Å². The van der Waals surface area contributed by atoms with Crippen LogP contribution in [0.25, 0.3) is 21.5 Å². The Bertz CT molecular complexity index is 1670. The van der Waals surface area contributed by atoms with Gasteiger partial charge in [0.1, 0.15) is 11.5 Å². The third-order valence-electron chi connectivity index (χ3n) is 10.4. The van der Waals surface area contributed by atoms with E-state index in [2.05, 4.69) is 0 Å². The summed E-state index contributed by atoms with van der Waals surface area (Å²) in [5.74, 6) is -6.61. The van der Waals surface area contributed by atoms with Gasteiger partial charge in [-0.1, -0.05) is 62.4 Å². The Morgan fingerprint density at radius 3 is 1.30 bits per heavy atom. The van der Waals surface area contributed by atoms with Crippen molar-refractivity contribution >= 4 is 45.4 Å². The summed E-state index contributed by atoms with van der Waals surface area (Å²) in [6.07, 6.45) is 10.3. The Morgan fingerprint density at radius 1 is 0.591 bits per heavy atom. The maximum Gasteiger partial charge on any atom is 0.315 e. The van der Waals surface area contributed by atoms with Crippen LogP contribution >= 0.6 is 0 Å². The predicted molar refractivity (Wildman–Crippen MR) is 162 cm³/mol. The van der Waals surface area contributed by atoms with Crippen LogP contribution in [0.3, 0.4) is 0 Å². The van der Waals surface area contributed by atoms with E-state index in [0.29, 0.717) is 58.7 Å². The van der Waals surface area contributed by atoms with E-state index in [-0.39, 0.29) is 23.7 Å². The van der Waals surface area contributed by atoms with E-state index >= 15 is 0 Å². The van der Waals surface area contributed by atoms with Gasteiger partial charge in [-0.25, -0.2) is 0 Å². The van der Waals surface area contributed by atoms with Crippen molar-refractivity contribution < 1.29 is 38.9 Å². The Morgan fingerprint density at radius 2 is 0.955 bits per heavy atom. The first kappa shape index (κ1) is 28.3. The van der Waals surface area contributed by atoms with Gasteiger partial charge in [-0.15, -0.1) is 0 Å². The largest absolute Gasteiger partial charge is 0.481 e. The number of ether oxygens (including phenoxy) is 2. The van der Waals surface area contributed by atoms with Crippen molar-refractivity contribution in [3.8, 4) is 11.5 Å². The highest BCUT2D eigenvalue weighted by molar-refractivity contribution is 6.13. The molecule has 8 heteroatoms. The number of allylic oxidation sites excluding steroid dienone is 4. The highest BCUT2D eigenvalue weighted by Crippen LogP contribution is 2.52. The fourth-order valence-electron chi connectivity index (χ4n) is 8.20. The van der Waals surface area contributed by atoms with Crippen LogP contribution in [0.5, 0.6) is 11.5 Å². The Labute approximate surface area is 254 Å². The van der Waals surface area contributed by atoms with Crippen LogP contribution in [0.1, 0.15) is 37.8 Å². The summed E-state index contributed by atoms with van der Waals surface area (Å²) in [6.45, 7) is 4.02. The van der Waals surface area contributed by atoms with Crippen LogP contribution in [0.15, 0.2) is 60.7 Å². The highest BCUT2D eigenvalue weighted by atomic mass is 16.5. The minimum Gasteiger partial charge on any atom is -0.481 e. The van der Waals surface area contributed by atoms with Crippen LogP contribution in [0.4, 0.5) is 0 Å². The lowest BCUT2D eigenvalue weighted by molar-refractivity contribution is -0.152. The van der Waals surface area contributed by atoms with Gasteiger partial charge in [-0.05, 0) is 72.6 Å². The van der Waals surface area contributed by atoms with Crippen LogP contribution in [-0.2, 0) is 32.0 Å². The molecule has 4 bridgehead atoms. The van der Waals surface area contributed by atoms with Crippen molar-refractivity contribution in [2.24, 2.45) is 47.3 Å². The van der Waals surface area contributed by atoms with Gasteiger partial charge >= 0.3 is 23.9 Å². The summed E-state index contributed by atoms with van der Waals surface area (Å²) in [7, 11) is 0. The number of carbonyl (C=O) groups is 4. The minimum absolute atomic E-state index is 0.192. The van der Waals surface area contributed by atoms with E-state index < -0.39 is 47.5 Å². The first-order valence-corrected chi connectivity index (χ1v) is 15.5. The fourth-order valence-corrected chi connectivity index (χ4v) is 8.20. The second-order valence-corrected chi connectivity index (χ2v) is 12.6. The molecule has 3 aromatic rings. The molecular weight excluding hydrogens is 560 g/mol. The molecule has 2 saturated carbocycles. The molecule has 4 aliphatic carbocycles. The molecule has 3 aromatic carbocycles. The lowest BCUT2D eigenvalue weighted by Gasteiger charge is -2.25. The maximum atomic E-state index is 13.8. The van der Waals surface area contributed by atoms with E-state index in [9.17, 15) is 29.4 Å². The number of rotatable bonds is 8. The van der Waals surface area contributed by atoms with Crippen LogP contribution in [0.2, 0.25) is 0 Å². The second kappa shape index (κ2) is 10.6. The van der Waals surface area contributed by atoms with Crippen molar-refractivity contribution in [3.63, 3.8) is 0 Å². The number of fused-ring (bicyclic) bond motifs is 6. The van der Waals surface area contributed by atoms with Gasteiger partial charge in [-0.3, -0.25) is 19.2 Å². The molecule has 0 saturated heterocycles. The second-order valence-electron chi connectivity index (χ2n) is 12.6. The summed E-state index contributed by atoms with van der Waals surface area (Å²) in [5, 5.41) is 22.2. The molecule has 2 fully saturated rings. The molecule has 8 nitrogen and oxygen atoms in total. The normalized spacial score (nSPS) is 29.5. The van der Waals surface area contributed by atoms with Gasteiger partial charge in [0, 0.05) is 21.5 Å². The third kappa shape index (κ3) is 4.33. The van der Waals surface area contributed by atoms with Gasteiger partial charge in [0.25, 0.3) is 0 Å². The van der Waals surface area contributed by atoms with Crippen molar-refractivity contribution in [3.05, 3.63) is 71.8 Å². The molecule has 0 spiro atoms. The topological polar surface area (TPSA) is 127 Å². The molecule has 0 heterocycles. The van der Waals surface area contributed by atoms with Gasteiger partial charge < -0.3 is 19.7 Å². The van der Waals surface area contributed by atoms with E-state index in [1.54, 1.807) is 0 Å². The van der Waals surface area contributed by atoms with Crippen LogP contribution in [-0.4, -0.2) is 34.1 Å². The third-order valence-corrected chi connectivity index (χ3v) is 10.4. The predicted octanol–water partition coefficient (Wildman–Crippen LogP) is 5.97. The molecule has 2 N–H and O–H groups in total. The fraction of sp³-hybridized carbons (Fsp3) is 0.389. The number of hydrogen-bond donors (Lipinski definition) is 2. The Kier molecular flexibility index (Phi) is 6.83. The Balaban J connectivity index is 1.36. The van der Waals surface area contributed by atoms with Gasteiger partial charge in [0.05, 0.1) is 23.7 Å². The smallest absolute Gasteiger partial charge is 0.315 e. The lowest BCUT2D eigenvalue weighted by atomic mass is 9.83. The van der Waals surface area contributed by atoms with E-state index in [0.717, 1.165) is 11.1 Å². The van der Waals surface area contributed by atoms with E-state index in [1.807, 2.05) is 74.5 Å². The van der Waals surface area contributed by atoms with Crippen molar-refractivity contribution in [2.75, 3.05) is 0 Å². The highest BCUT2D eigenvalue weighted by Gasteiger charge is 2.54. The lowest BCUT2D eigenvalue weighted by Crippen LogP contribution is -2.35. The number of benzene rings is 3. The number of aryl methyl sites for hydroxylation is 2. The molecular formula is C36H34O8. The molecule has 0 amide bonds. The average Bonchev–Trinajstić information content (AvgIpc) is 3.83. The molecule has 8 atom stereocenters. The zero-order chi connectivity index (χ0) is 30.9. The van der Waals surface area contributed by atoms with Crippen molar-refractivity contribution in [1.29, 1.82) is 0 Å². The number of aliphatic carboxylic acids is 2. The molecule has 44 heavy (non-hydrogen) atoms. The quantitative estimate of drug-likeness (QED) is 0.141. The first-order valence-electron chi connectivity index (χ1n) is 15.5. The van der Waals surface area contributed by atoms with Gasteiger partial charge in [0.2, 0.25) is 0 Å². The summed E-state index contributed by atoms with van der Waals surface area (Å²) in [6, 6.07) is 11.4. The Hall–Kier alpha value is -4.46. The summed E-state index contributed by atoms with van der Waals surface area (Å²) < 4.78 is 12.4. The molecule has 226 valence electrons. The minimum atomic E-state index is -1.00. The molecule has 0 aromatic heterocycles. The molecule has 4 aliphatic rings. The number of carboxylic acids is 2. The molecule has 0 aliphatic heterocycles. The summed E-state index contributed by atoms with van der Waals surface area (Å²) in [5.41, 5.74) is 1.96. The van der Waals surface area contributed by atoms with Gasteiger partial charge in [0.15, 0.2) is 0 Å². The monoisotopic (exact) mass is 594 g/mol. The summed E-state index contributed by atoms with van der Waals surface area (Å²) >= 11 is 0. The van der Waals surface area contributed by atoms with Crippen molar-refractivity contribution in [1.82, 2.24) is 0 Å². The van der Waals surface area contributed by atoms with Crippen molar-refractivity contribution in [2.45, 2.75) is 39.5 Å².